The number of halogens is 3. The second kappa shape index (κ2) is 7.81. The number of alkyl halides is 1. The van der Waals surface area contributed by atoms with E-state index >= 15 is 0 Å². The first-order valence-corrected chi connectivity index (χ1v) is 9.27. The van der Waals surface area contributed by atoms with Gasteiger partial charge in [0.1, 0.15) is 5.82 Å². The zero-order chi connectivity index (χ0) is 17.6. The summed E-state index contributed by atoms with van der Waals surface area (Å²) < 4.78 is 31.3. The van der Waals surface area contributed by atoms with Gasteiger partial charge in [-0.25, -0.2) is 4.39 Å². The molecule has 0 aromatic heterocycles. The normalized spacial score (nSPS) is 35.7. The van der Waals surface area contributed by atoms with Crippen molar-refractivity contribution in [2.24, 2.45) is 17.8 Å². The molecule has 1 aromatic carbocycles. The van der Waals surface area contributed by atoms with Crippen LogP contribution in [0.3, 0.4) is 0 Å². The number of methoxy groups -OCH3 is 1. The van der Waals surface area contributed by atoms with E-state index in [1.165, 1.54) is 19.2 Å². The molecule has 0 amide bonds. The average molecular weight is 386 g/mol. The van der Waals surface area contributed by atoms with Gasteiger partial charge in [0.15, 0.2) is 0 Å². The number of hydrogen-bond acceptors (Lipinski definition) is 3. The number of carbonyl (C=O) groups is 1. The van der Waals surface area contributed by atoms with Crippen LogP contribution in [0, 0.1) is 23.6 Å². The molecule has 6 heteroatoms. The van der Waals surface area contributed by atoms with E-state index in [1.54, 1.807) is 12.1 Å². The van der Waals surface area contributed by atoms with Crippen molar-refractivity contribution in [1.29, 1.82) is 0 Å². The van der Waals surface area contributed by atoms with Crippen molar-refractivity contribution in [1.82, 2.24) is 4.90 Å². The quantitative estimate of drug-likeness (QED) is 0.718. The lowest BCUT2D eigenvalue weighted by atomic mass is 9.76. The number of benzene rings is 1. The molecule has 3 fully saturated rings. The molecule has 0 radical (unpaired) electrons. The fourth-order valence-corrected chi connectivity index (χ4v) is 5.10. The molecule has 6 atom stereocenters. The Bertz CT molecular complexity index is 641. The minimum Gasteiger partial charge on any atom is -0.469 e. The Morgan fingerprint density at radius 2 is 1.92 bits per heavy atom. The van der Waals surface area contributed by atoms with Crippen LogP contribution in [0.15, 0.2) is 24.3 Å². The van der Waals surface area contributed by atoms with E-state index in [2.05, 4.69) is 4.90 Å². The number of carbonyl (C=O) groups excluding carboxylic acids is 1. The molecular weight excluding hydrogens is 360 g/mol. The molecule has 2 saturated heterocycles. The second-order valence-electron chi connectivity index (χ2n) is 7.85. The minimum atomic E-state index is -0.259. The summed E-state index contributed by atoms with van der Waals surface area (Å²) in [6, 6.07) is 7.11. The van der Waals surface area contributed by atoms with Gasteiger partial charge in [-0.05, 0) is 55.2 Å². The molecule has 3 nitrogen and oxygen atoms in total. The number of piperidine rings is 1. The number of esters is 1. The Morgan fingerprint density at radius 3 is 2.54 bits per heavy atom. The maximum absolute atomic E-state index is 13.3. The molecule has 1 aliphatic carbocycles. The third kappa shape index (κ3) is 3.48. The molecule has 1 aromatic rings. The summed E-state index contributed by atoms with van der Waals surface area (Å²) >= 11 is 0. The van der Waals surface area contributed by atoms with Crippen molar-refractivity contribution >= 4 is 18.4 Å². The van der Waals surface area contributed by atoms with Crippen LogP contribution in [0.25, 0.3) is 0 Å². The van der Waals surface area contributed by atoms with Crippen molar-refractivity contribution in [3.63, 3.8) is 0 Å². The van der Waals surface area contributed by atoms with Crippen LogP contribution in [-0.4, -0.2) is 43.3 Å². The lowest BCUT2D eigenvalue weighted by Gasteiger charge is -2.44. The fourth-order valence-electron chi connectivity index (χ4n) is 5.10. The number of fused-ring (bicyclic) bond motifs is 2. The molecule has 26 heavy (non-hydrogen) atoms. The maximum Gasteiger partial charge on any atom is 0.310 e. The highest BCUT2D eigenvalue weighted by atomic mass is 35.5. The number of ether oxygens (including phenoxy) is 1. The van der Waals surface area contributed by atoms with Crippen molar-refractivity contribution < 1.29 is 18.3 Å². The minimum absolute atomic E-state index is 0. The maximum atomic E-state index is 13.3. The van der Waals surface area contributed by atoms with Gasteiger partial charge in [0.2, 0.25) is 0 Å². The van der Waals surface area contributed by atoms with Crippen LogP contribution in [0.5, 0.6) is 0 Å². The first kappa shape index (κ1) is 19.6. The van der Waals surface area contributed by atoms with E-state index in [1.807, 2.05) is 0 Å². The predicted molar refractivity (Wildman–Crippen MR) is 97.6 cm³/mol. The standard InChI is InChI=1S/C20H25F2NO2.ClH/c1-25-20(24)19-17(12-2-4-15(22)5-3-12)9-16-6-7-18(19)23(16)11-14-8-13(14)10-21;/h2-5,13-14,16-19H,6-11H2,1H3;1H/t13-,14-,16+,17-,18-,19+;/m1./s1. The Balaban J connectivity index is 0.00000196. The summed E-state index contributed by atoms with van der Waals surface area (Å²) in [6.45, 7) is 0.667. The van der Waals surface area contributed by atoms with Gasteiger partial charge in [-0.3, -0.25) is 14.1 Å². The van der Waals surface area contributed by atoms with E-state index in [9.17, 15) is 13.6 Å². The SMILES string of the molecule is COC(=O)[C@H]1[C@@H](c2ccc(F)cc2)C[C@@H]2CC[C@H]1N2C[C@H]1C[C@@H]1CF.Cl. The van der Waals surface area contributed by atoms with E-state index < -0.39 is 0 Å². The van der Waals surface area contributed by atoms with E-state index in [4.69, 9.17) is 4.74 Å². The zero-order valence-corrected chi connectivity index (χ0v) is 15.8. The van der Waals surface area contributed by atoms with Crippen molar-refractivity contribution in [2.75, 3.05) is 20.3 Å². The van der Waals surface area contributed by atoms with Crippen LogP contribution >= 0.6 is 12.4 Å². The van der Waals surface area contributed by atoms with E-state index in [0.29, 0.717) is 12.0 Å². The monoisotopic (exact) mass is 385 g/mol. The summed E-state index contributed by atoms with van der Waals surface area (Å²) in [7, 11) is 1.44. The number of hydrogen-bond donors (Lipinski definition) is 0. The smallest absolute Gasteiger partial charge is 0.310 e. The Kier molecular flexibility index (Phi) is 5.88. The summed E-state index contributed by atoms with van der Waals surface area (Å²) in [5.41, 5.74) is 1.02. The van der Waals surface area contributed by atoms with Crippen LogP contribution in [0.2, 0.25) is 0 Å². The summed E-state index contributed by atoms with van der Waals surface area (Å²) in [6.07, 6.45) is 3.91. The Hall–Kier alpha value is -1.20. The van der Waals surface area contributed by atoms with Crippen LogP contribution in [0.4, 0.5) is 8.78 Å². The van der Waals surface area contributed by atoms with Gasteiger partial charge >= 0.3 is 5.97 Å². The molecule has 2 heterocycles. The highest BCUT2D eigenvalue weighted by Crippen LogP contribution is 2.50. The zero-order valence-electron chi connectivity index (χ0n) is 14.9. The van der Waals surface area contributed by atoms with Gasteiger partial charge in [-0.2, -0.15) is 0 Å². The largest absolute Gasteiger partial charge is 0.469 e. The van der Waals surface area contributed by atoms with Crippen LogP contribution in [0.1, 0.15) is 37.2 Å². The van der Waals surface area contributed by atoms with Crippen LogP contribution < -0.4 is 0 Å². The molecule has 3 aliphatic rings. The van der Waals surface area contributed by atoms with Gasteiger partial charge in [0.05, 0.1) is 19.7 Å². The summed E-state index contributed by atoms with van der Waals surface area (Å²) in [5.74, 6) is 0.0571. The van der Waals surface area contributed by atoms with Gasteiger partial charge in [-0.15, -0.1) is 12.4 Å². The van der Waals surface area contributed by atoms with E-state index in [-0.39, 0.29) is 54.7 Å². The molecule has 0 N–H and O–H groups in total. The first-order chi connectivity index (χ1) is 12.1. The molecule has 144 valence electrons. The predicted octanol–water partition coefficient (Wildman–Crippen LogP) is 3.96. The van der Waals surface area contributed by atoms with Crippen molar-refractivity contribution in [2.45, 2.75) is 43.7 Å². The molecule has 4 rings (SSSR count). The third-order valence-electron chi connectivity index (χ3n) is 6.55. The van der Waals surface area contributed by atoms with Gasteiger partial charge in [-0.1, -0.05) is 12.1 Å². The Morgan fingerprint density at radius 1 is 1.19 bits per heavy atom. The number of rotatable bonds is 5. The van der Waals surface area contributed by atoms with Crippen molar-refractivity contribution in [3.05, 3.63) is 35.6 Å². The molecule has 2 bridgehead atoms. The van der Waals surface area contributed by atoms with Crippen LogP contribution in [-0.2, 0) is 9.53 Å². The van der Waals surface area contributed by atoms with Crippen molar-refractivity contribution in [3.8, 4) is 0 Å². The molecule has 1 saturated carbocycles. The first-order valence-electron chi connectivity index (χ1n) is 9.27. The summed E-state index contributed by atoms with van der Waals surface area (Å²) in [5, 5.41) is 0. The highest BCUT2D eigenvalue weighted by molar-refractivity contribution is 5.85. The molecule has 0 unspecified atom stereocenters. The van der Waals surface area contributed by atoms with Gasteiger partial charge in [0, 0.05) is 24.5 Å². The Labute approximate surface area is 159 Å². The lowest BCUT2D eigenvalue weighted by molar-refractivity contribution is -0.150. The summed E-state index contributed by atoms with van der Waals surface area (Å²) in [4.78, 5) is 15.0. The topological polar surface area (TPSA) is 29.5 Å². The number of nitrogens with zero attached hydrogens (tertiary/aromatic N) is 1. The molecular formula is C20H26ClF2NO2. The molecule has 2 aliphatic heterocycles. The van der Waals surface area contributed by atoms with Gasteiger partial charge in [0.25, 0.3) is 0 Å². The average Bonchev–Trinajstić information content (AvgIpc) is 3.32. The third-order valence-corrected chi connectivity index (χ3v) is 6.55. The molecule has 0 spiro atoms. The fraction of sp³-hybridized carbons (Fsp3) is 0.650. The van der Waals surface area contributed by atoms with E-state index in [0.717, 1.165) is 37.8 Å². The second-order valence-corrected chi connectivity index (χ2v) is 7.85. The lowest BCUT2D eigenvalue weighted by Crippen LogP contribution is -2.51. The highest BCUT2D eigenvalue weighted by Gasteiger charge is 2.52. The van der Waals surface area contributed by atoms with Gasteiger partial charge < -0.3 is 4.74 Å².